The van der Waals surface area contributed by atoms with E-state index in [4.69, 9.17) is 4.74 Å². The number of nitrogens with one attached hydrogen (secondary N) is 1. The van der Waals surface area contributed by atoms with Crippen molar-refractivity contribution >= 4 is 11.9 Å². The van der Waals surface area contributed by atoms with Gasteiger partial charge in [-0.05, 0) is 57.8 Å². The van der Waals surface area contributed by atoms with E-state index >= 15 is 0 Å². The zero-order valence-electron chi connectivity index (χ0n) is 59.3. The summed E-state index contributed by atoms with van der Waals surface area (Å²) in [5.74, 6) is -0.0143. The van der Waals surface area contributed by atoms with Gasteiger partial charge in [-0.2, -0.15) is 0 Å². The van der Waals surface area contributed by atoms with E-state index in [1.54, 1.807) is 0 Å². The van der Waals surface area contributed by atoms with E-state index < -0.39 is 12.1 Å². The second kappa shape index (κ2) is 76.8. The molecule has 3 N–H and O–H groups in total. The fraction of sp³-hybridized carbons (Fsp3) is 0.926. The van der Waals surface area contributed by atoms with E-state index in [2.05, 4.69) is 43.5 Å². The molecule has 0 heterocycles. The standard InChI is InChI=1S/C81H157NO5/c1-3-5-7-9-11-13-15-17-19-21-23-24-25-29-32-35-38-41-45-49-53-57-61-65-69-73-79(84)78(77-83)82-80(85)74-70-66-62-58-54-50-46-42-39-36-33-30-27-26-28-31-34-37-40-44-48-52-56-60-64-68-72-76-87-81(86)75-71-67-63-59-55-51-47-43-22-20-18-16-14-12-10-8-6-4-2/h14,16,20,22,78-79,83-84H,3-13,15,17-19,21,23-77H2,1-2H3,(H,82,85)/b16-14-,22-20-. The van der Waals surface area contributed by atoms with Crippen LogP contribution in [0.2, 0.25) is 0 Å². The Morgan fingerprint density at radius 1 is 0.322 bits per heavy atom. The minimum absolute atomic E-state index is 0.0120. The lowest BCUT2D eigenvalue weighted by molar-refractivity contribution is -0.143. The summed E-state index contributed by atoms with van der Waals surface area (Å²) < 4.78 is 5.51. The lowest BCUT2D eigenvalue weighted by Gasteiger charge is -2.22. The number of amides is 1. The molecule has 0 aromatic carbocycles. The summed E-state index contributed by atoms with van der Waals surface area (Å²) in [6.45, 7) is 4.99. The molecule has 6 heteroatoms. The van der Waals surface area contributed by atoms with Crippen LogP contribution in [0.1, 0.15) is 457 Å². The highest BCUT2D eigenvalue weighted by molar-refractivity contribution is 5.76. The first-order chi connectivity index (χ1) is 43.0. The summed E-state index contributed by atoms with van der Waals surface area (Å²) in [4.78, 5) is 24.7. The average Bonchev–Trinajstić information content (AvgIpc) is 3.52. The minimum atomic E-state index is -0.664. The van der Waals surface area contributed by atoms with Crippen LogP contribution >= 0.6 is 0 Å². The van der Waals surface area contributed by atoms with Crippen LogP contribution in [-0.4, -0.2) is 47.4 Å². The van der Waals surface area contributed by atoms with Crippen LogP contribution in [0.15, 0.2) is 24.3 Å². The number of esters is 1. The van der Waals surface area contributed by atoms with Crippen molar-refractivity contribution in [2.45, 2.75) is 469 Å². The molecule has 0 aliphatic carbocycles. The Morgan fingerprint density at radius 3 is 0.885 bits per heavy atom. The topological polar surface area (TPSA) is 95.9 Å². The maximum atomic E-state index is 12.6. The molecule has 0 radical (unpaired) electrons. The molecular weight excluding hydrogens is 1070 g/mol. The Hall–Kier alpha value is -1.66. The zero-order chi connectivity index (χ0) is 62.8. The summed E-state index contributed by atoms with van der Waals surface area (Å²) in [6.07, 6.45) is 98.4. The third-order valence-electron chi connectivity index (χ3n) is 19.0. The summed E-state index contributed by atoms with van der Waals surface area (Å²) in [6, 6.07) is -0.541. The molecule has 0 aromatic heterocycles. The number of unbranched alkanes of at least 4 members (excludes halogenated alkanes) is 61. The Balaban J connectivity index is 3.35. The predicted molar refractivity (Wildman–Crippen MR) is 384 cm³/mol. The molecule has 0 spiro atoms. The molecule has 0 saturated heterocycles. The number of hydrogen-bond acceptors (Lipinski definition) is 5. The third-order valence-corrected chi connectivity index (χ3v) is 19.0. The maximum Gasteiger partial charge on any atom is 0.305 e. The van der Waals surface area contributed by atoms with E-state index in [1.165, 1.54) is 372 Å². The number of hydrogen-bond donors (Lipinski definition) is 3. The van der Waals surface area contributed by atoms with E-state index in [0.29, 0.717) is 25.9 Å². The lowest BCUT2D eigenvalue weighted by atomic mass is 10.0. The van der Waals surface area contributed by atoms with Crippen molar-refractivity contribution in [1.29, 1.82) is 0 Å². The molecule has 1 amide bonds. The van der Waals surface area contributed by atoms with Gasteiger partial charge in [-0.25, -0.2) is 0 Å². The predicted octanol–water partition coefficient (Wildman–Crippen LogP) is 26.4. The van der Waals surface area contributed by atoms with Gasteiger partial charge in [-0.1, -0.05) is 411 Å². The van der Waals surface area contributed by atoms with Gasteiger partial charge in [-0.3, -0.25) is 9.59 Å². The fourth-order valence-electron chi connectivity index (χ4n) is 12.9. The van der Waals surface area contributed by atoms with E-state index in [1.807, 2.05) is 0 Å². The highest BCUT2D eigenvalue weighted by Gasteiger charge is 2.20. The monoisotopic (exact) mass is 1220 g/mol. The molecule has 0 bridgehead atoms. The number of carbonyl (C=O) groups is 2. The molecule has 0 saturated carbocycles. The molecule has 87 heavy (non-hydrogen) atoms. The highest BCUT2D eigenvalue weighted by Crippen LogP contribution is 2.20. The molecule has 0 aromatic rings. The molecule has 6 nitrogen and oxygen atoms in total. The van der Waals surface area contributed by atoms with E-state index in [-0.39, 0.29) is 18.5 Å². The lowest BCUT2D eigenvalue weighted by Crippen LogP contribution is -2.45. The number of carbonyl (C=O) groups excluding carboxylic acids is 2. The molecule has 0 aliphatic heterocycles. The Morgan fingerprint density at radius 2 is 0.575 bits per heavy atom. The van der Waals surface area contributed by atoms with E-state index in [0.717, 1.165) is 51.4 Å². The van der Waals surface area contributed by atoms with Crippen LogP contribution in [0.4, 0.5) is 0 Å². The maximum absolute atomic E-state index is 12.6. The SMILES string of the molecule is CCCCCC/C=C\C/C=C\CCCCCCCCCC(=O)OCCCCCCCCCCCCCCCCCCCCCCCCCCCCCC(=O)NC(CO)C(O)CCCCCCCCCCCCCCCCCCCCCCCCCCC. The van der Waals surface area contributed by atoms with Crippen LogP contribution in [0.3, 0.4) is 0 Å². The van der Waals surface area contributed by atoms with Crippen LogP contribution in [0, 0.1) is 0 Å². The van der Waals surface area contributed by atoms with Crippen LogP contribution in [0.25, 0.3) is 0 Å². The molecule has 516 valence electrons. The summed E-state index contributed by atoms with van der Waals surface area (Å²) in [5, 5.41) is 23.5. The molecule has 2 unspecified atom stereocenters. The Kier molecular flexibility index (Phi) is 75.3. The van der Waals surface area contributed by atoms with Gasteiger partial charge in [0.25, 0.3) is 0 Å². The van der Waals surface area contributed by atoms with Crippen molar-refractivity contribution in [2.24, 2.45) is 0 Å². The average molecular weight is 1230 g/mol. The summed E-state index contributed by atoms with van der Waals surface area (Å²) >= 11 is 0. The Labute approximate surface area is 545 Å². The summed E-state index contributed by atoms with van der Waals surface area (Å²) in [5.41, 5.74) is 0. The molecule has 0 rings (SSSR count). The van der Waals surface area contributed by atoms with Gasteiger partial charge in [0.05, 0.1) is 25.4 Å². The largest absolute Gasteiger partial charge is 0.466 e. The number of aliphatic hydroxyl groups excluding tert-OH is 2. The second-order valence-electron chi connectivity index (χ2n) is 27.8. The quantitative estimate of drug-likeness (QED) is 0.0320. The number of allylic oxidation sites excluding steroid dienone is 4. The second-order valence-corrected chi connectivity index (χ2v) is 27.8. The smallest absolute Gasteiger partial charge is 0.305 e. The van der Waals surface area contributed by atoms with Crippen LogP contribution < -0.4 is 5.32 Å². The Bertz CT molecular complexity index is 1360. The van der Waals surface area contributed by atoms with Crippen molar-refractivity contribution < 1.29 is 24.5 Å². The van der Waals surface area contributed by atoms with Crippen LogP contribution in [0.5, 0.6) is 0 Å². The van der Waals surface area contributed by atoms with Crippen LogP contribution in [-0.2, 0) is 14.3 Å². The number of ether oxygens (including phenoxy) is 1. The van der Waals surface area contributed by atoms with E-state index in [9.17, 15) is 19.8 Å². The van der Waals surface area contributed by atoms with Gasteiger partial charge in [0, 0.05) is 12.8 Å². The van der Waals surface area contributed by atoms with Crippen molar-refractivity contribution in [3.63, 3.8) is 0 Å². The van der Waals surface area contributed by atoms with Crippen molar-refractivity contribution in [1.82, 2.24) is 5.32 Å². The molecule has 0 aliphatic rings. The first kappa shape index (κ1) is 85.3. The number of aliphatic hydroxyl groups is 2. The molecular formula is C81H157NO5. The van der Waals surface area contributed by atoms with Gasteiger partial charge >= 0.3 is 5.97 Å². The van der Waals surface area contributed by atoms with Gasteiger partial charge in [-0.15, -0.1) is 0 Å². The molecule has 2 atom stereocenters. The summed E-state index contributed by atoms with van der Waals surface area (Å²) in [7, 11) is 0. The highest BCUT2D eigenvalue weighted by atomic mass is 16.5. The fourth-order valence-corrected chi connectivity index (χ4v) is 12.9. The minimum Gasteiger partial charge on any atom is -0.466 e. The molecule has 0 fully saturated rings. The first-order valence-electron chi connectivity index (χ1n) is 40.1. The number of rotatable bonds is 76. The normalized spacial score (nSPS) is 12.6. The third kappa shape index (κ3) is 73.3. The van der Waals surface area contributed by atoms with Crippen molar-refractivity contribution in [2.75, 3.05) is 13.2 Å². The van der Waals surface area contributed by atoms with Gasteiger partial charge in [0.2, 0.25) is 5.91 Å². The van der Waals surface area contributed by atoms with Crippen molar-refractivity contribution in [3.8, 4) is 0 Å². The zero-order valence-corrected chi connectivity index (χ0v) is 59.3. The van der Waals surface area contributed by atoms with Gasteiger partial charge in [0.1, 0.15) is 0 Å². The van der Waals surface area contributed by atoms with Gasteiger partial charge in [0.15, 0.2) is 0 Å². The van der Waals surface area contributed by atoms with Crippen molar-refractivity contribution in [3.05, 3.63) is 24.3 Å². The first-order valence-corrected chi connectivity index (χ1v) is 40.1. The van der Waals surface area contributed by atoms with Gasteiger partial charge < -0.3 is 20.3 Å².